The predicted molar refractivity (Wildman–Crippen MR) is 53.3 cm³/mol. The maximum atomic E-state index is 13.3. The summed E-state index contributed by atoms with van der Waals surface area (Å²) in [5, 5.41) is 0. The molecule has 1 rings (SSSR count). The number of ether oxygens (including phenoxy) is 2. The zero-order chi connectivity index (χ0) is 10.6. The molecule has 2 nitrogen and oxygen atoms in total. The Labute approximate surface area is 83.0 Å². The molecule has 0 fully saturated rings. The summed E-state index contributed by atoms with van der Waals surface area (Å²) in [6, 6.07) is 4.74. The highest BCUT2D eigenvalue weighted by atomic mass is 19.1. The van der Waals surface area contributed by atoms with Crippen LogP contribution >= 0.6 is 0 Å². The van der Waals surface area contributed by atoms with Crippen LogP contribution in [0.25, 0.3) is 6.08 Å². The molecule has 0 saturated carbocycles. The van der Waals surface area contributed by atoms with Crippen LogP contribution < -0.4 is 0 Å². The molecular weight excluding hydrogens is 183 g/mol. The molecule has 0 aromatic heterocycles. The van der Waals surface area contributed by atoms with Crippen molar-refractivity contribution >= 4 is 6.08 Å². The van der Waals surface area contributed by atoms with E-state index in [9.17, 15) is 4.39 Å². The molecule has 0 atom stereocenters. The van der Waals surface area contributed by atoms with E-state index in [1.807, 2.05) is 0 Å². The van der Waals surface area contributed by atoms with Crippen LogP contribution in [0.1, 0.15) is 17.4 Å². The first kappa shape index (κ1) is 10.9. The number of rotatable bonds is 4. The maximum Gasteiger partial charge on any atom is 0.183 e. The molecule has 3 heteroatoms. The summed E-state index contributed by atoms with van der Waals surface area (Å²) in [7, 11) is 3.01. The largest absolute Gasteiger partial charge is 0.352 e. The van der Waals surface area contributed by atoms with Crippen LogP contribution in [0.5, 0.6) is 0 Å². The Morgan fingerprint density at radius 1 is 1.36 bits per heavy atom. The third kappa shape index (κ3) is 2.00. The van der Waals surface area contributed by atoms with Crippen molar-refractivity contribution in [1.82, 2.24) is 0 Å². The lowest BCUT2D eigenvalue weighted by atomic mass is 10.1. The Bertz CT molecular complexity index is 319. The van der Waals surface area contributed by atoms with E-state index in [2.05, 4.69) is 6.58 Å². The summed E-state index contributed by atoms with van der Waals surface area (Å²) in [5.74, 6) is -0.323. The number of benzene rings is 1. The summed E-state index contributed by atoms with van der Waals surface area (Å²) in [6.45, 7) is 3.55. The lowest BCUT2D eigenvalue weighted by Gasteiger charge is -2.16. The highest BCUT2D eigenvalue weighted by molar-refractivity contribution is 5.53. The van der Waals surface area contributed by atoms with Crippen molar-refractivity contribution in [2.75, 3.05) is 14.2 Å². The van der Waals surface area contributed by atoms with Crippen LogP contribution in [0.4, 0.5) is 4.39 Å². The van der Waals surface area contributed by atoms with E-state index in [1.165, 1.54) is 26.4 Å². The molecular formula is C11H13FO2. The minimum absolute atomic E-state index is 0.323. The Morgan fingerprint density at radius 3 is 2.50 bits per heavy atom. The van der Waals surface area contributed by atoms with Crippen LogP contribution in [-0.2, 0) is 9.47 Å². The van der Waals surface area contributed by atoms with Gasteiger partial charge in [0.05, 0.1) is 0 Å². The average molecular weight is 196 g/mol. The van der Waals surface area contributed by atoms with Crippen LogP contribution in [0.2, 0.25) is 0 Å². The van der Waals surface area contributed by atoms with Gasteiger partial charge in [0.2, 0.25) is 0 Å². The van der Waals surface area contributed by atoms with Crippen molar-refractivity contribution in [2.45, 2.75) is 6.29 Å². The van der Waals surface area contributed by atoms with Crippen molar-refractivity contribution in [3.05, 3.63) is 41.7 Å². The molecule has 1 aromatic carbocycles. The molecule has 0 N–H and O–H groups in total. The van der Waals surface area contributed by atoms with Gasteiger partial charge in [-0.15, -0.1) is 0 Å². The number of methoxy groups -OCH3 is 2. The molecule has 0 spiro atoms. The van der Waals surface area contributed by atoms with Gasteiger partial charge in [0.15, 0.2) is 6.29 Å². The summed E-state index contributed by atoms with van der Waals surface area (Å²) in [4.78, 5) is 0. The monoisotopic (exact) mass is 196 g/mol. The van der Waals surface area contributed by atoms with Crippen LogP contribution in [-0.4, -0.2) is 14.2 Å². The number of halogens is 1. The lowest BCUT2D eigenvalue weighted by Crippen LogP contribution is -2.06. The van der Waals surface area contributed by atoms with Crippen molar-refractivity contribution in [1.29, 1.82) is 0 Å². The smallest absolute Gasteiger partial charge is 0.183 e. The minimum atomic E-state index is -0.557. The highest BCUT2D eigenvalue weighted by Crippen LogP contribution is 2.24. The maximum absolute atomic E-state index is 13.3. The zero-order valence-corrected chi connectivity index (χ0v) is 8.29. The Kier molecular flexibility index (Phi) is 3.80. The summed E-state index contributed by atoms with van der Waals surface area (Å²) in [5.41, 5.74) is 1.06. The fourth-order valence-electron chi connectivity index (χ4n) is 1.32. The van der Waals surface area contributed by atoms with Crippen molar-refractivity contribution < 1.29 is 13.9 Å². The van der Waals surface area contributed by atoms with E-state index in [4.69, 9.17) is 9.47 Å². The third-order valence-corrected chi connectivity index (χ3v) is 1.97. The number of hydrogen-bond acceptors (Lipinski definition) is 2. The normalized spacial score (nSPS) is 10.6. The summed E-state index contributed by atoms with van der Waals surface area (Å²) in [6.07, 6.45) is 0.897. The van der Waals surface area contributed by atoms with Gasteiger partial charge >= 0.3 is 0 Å². The molecule has 1 aromatic rings. The predicted octanol–water partition coefficient (Wildman–Crippen LogP) is 2.76. The van der Waals surface area contributed by atoms with Gasteiger partial charge in [-0.1, -0.05) is 24.8 Å². The van der Waals surface area contributed by atoms with Gasteiger partial charge in [-0.05, 0) is 6.07 Å². The van der Waals surface area contributed by atoms with E-state index in [1.54, 1.807) is 12.1 Å². The molecule has 0 amide bonds. The molecule has 76 valence electrons. The molecule has 0 saturated heterocycles. The van der Waals surface area contributed by atoms with E-state index in [0.29, 0.717) is 11.1 Å². The van der Waals surface area contributed by atoms with E-state index in [-0.39, 0.29) is 5.82 Å². The van der Waals surface area contributed by atoms with Crippen LogP contribution in [0.15, 0.2) is 24.8 Å². The van der Waals surface area contributed by atoms with E-state index >= 15 is 0 Å². The molecule has 0 bridgehead atoms. The number of hydrogen-bond donors (Lipinski definition) is 0. The minimum Gasteiger partial charge on any atom is -0.352 e. The highest BCUT2D eigenvalue weighted by Gasteiger charge is 2.14. The fraction of sp³-hybridized carbons (Fsp3) is 0.273. The molecule has 0 aliphatic carbocycles. The third-order valence-electron chi connectivity index (χ3n) is 1.97. The average Bonchev–Trinajstić information content (AvgIpc) is 2.20. The second kappa shape index (κ2) is 4.88. The quantitative estimate of drug-likeness (QED) is 0.689. The van der Waals surface area contributed by atoms with Gasteiger partial charge in [0.25, 0.3) is 0 Å². The van der Waals surface area contributed by atoms with Gasteiger partial charge in [-0.3, -0.25) is 0 Å². The topological polar surface area (TPSA) is 18.5 Å². The van der Waals surface area contributed by atoms with Crippen molar-refractivity contribution in [3.63, 3.8) is 0 Å². The zero-order valence-electron chi connectivity index (χ0n) is 8.29. The first-order valence-corrected chi connectivity index (χ1v) is 4.21. The Hall–Kier alpha value is -1.19. The van der Waals surface area contributed by atoms with Crippen molar-refractivity contribution in [3.8, 4) is 0 Å². The molecule has 0 radical (unpaired) electrons. The molecule has 0 unspecified atom stereocenters. The standard InChI is InChI=1S/C11H13FO2/c1-4-8-9(11(13-2)14-3)6-5-7-10(8)12/h4-7,11H,1H2,2-3H3. The Morgan fingerprint density at radius 2 is 2.00 bits per heavy atom. The van der Waals surface area contributed by atoms with Gasteiger partial charge < -0.3 is 9.47 Å². The molecule has 0 aliphatic rings. The van der Waals surface area contributed by atoms with Crippen LogP contribution in [0.3, 0.4) is 0 Å². The van der Waals surface area contributed by atoms with E-state index < -0.39 is 6.29 Å². The Balaban J connectivity index is 3.18. The van der Waals surface area contributed by atoms with Crippen LogP contribution in [0, 0.1) is 5.82 Å². The first-order valence-electron chi connectivity index (χ1n) is 4.21. The molecule has 0 heterocycles. The first-order chi connectivity index (χ1) is 6.74. The second-order valence-corrected chi connectivity index (χ2v) is 2.75. The molecule has 14 heavy (non-hydrogen) atoms. The summed E-state index contributed by atoms with van der Waals surface area (Å²) >= 11 is 0. The SMILES string of the molecule is C=Cc1c(F)cccc1C(OC)OC. The van der Waals surface area contributed by atoms with Gasteiger partial charge in [0, 0.05) is 25.3 Å². The fourth-order valence-corrected chi connectivity index (χ4v) is 1.32. The van der Waals surface area contributed by atoms with Gasteiger partial charge in [0.1, 0.15) is 5.82 Å². The van der Waals surface area contributed by atoms with Gasteiger partial charge in [-0.25, -0.2) is 4.39 Å². The van der Waals surface area contributed by atoms with Gasteiger partial charge in [-0.2, -0.15) is 0 Å². The molecule has 0 aliphatic heterocycles. The van der Waals surface area contributed by atoms with E-state index in [0.717, 1.165) is 0 Å². The lowest BCUT2D eigenvalue weighted by molar-refractivity contribution is -0.106. The van der Waals surface area contributed by atoms with Crippen molar-refractivity contribution in [2.24, 2.45) is 0 Å². The second-order valence-electron chi connectivity index (χ2n) is 2.75. The summed E-state index contributed by atoms with van der Waals surface area (Å²) < 4.78 is 23.4.